The van der Waals surface area contributed by atoms with E-state index in [4.69, 9.17) is 14.2 Å². The van der Waals surface area contributed by atoms with Crippen LogP contribution < -0.4 is 46.0 Å². The van der Waals surface area contributed by atoms with E-state index in [1.54, 1.807) is 0 Å². The second-order valence-electron chi connectivity index (χ2n) is 11.8. The molecule has 0 saturated heterocycles. The monoisotopic (exact) mass is 720 g/mol. The Kier molecular flexibility index (Phi) is 12.2. The first kappa shape index (κ1) is 34.7. The van der Waals surface area contributed by atoms with Gasteiger partial charge < -0.3 is 14.2 Å². The summed E-state index contributed by atoms with van der Waals surface area (Å²) >= 11 is 0. The molecule has 6 heteroatoms. The number of rotatable bonds is 15. The van der Waals surface area contributed by atoms with E-state index in [-0.39, 0.29) is 0 Å². The van der Waals surface area contributed by atoms with Crippen LogP contribution in [0.15, 0.2) is 200 Å². The van der Waals surface area contributed by atoms with Crippen molar-refractivity contribution >= 4 is 55.6 Å². The van der Waals surface area contributed by atoms with Gasteiger partial charge in [0.25, 0.3) is 0 Å². The van der Waals surface area contributed by atoms with Gasteiger partial charge in [-0.2, -0.15) is 0 Å². The van der Waals surface area contributed by atoms with Crippen LogP contribution in [-0.2, 0) is 0 Å². The van der Waals surface area contributed by atoms with Gasteiger partial charge in [0.2, 0.25) is 0 Å². The second kappa shape index (κ2) is 17.9. The zero-order chi connectivity index (χ0) is 34.5. The third-order valence-electron chi connectivity index (χ3n) is 8.34. The maximum Gasteiger partial charge on any atom is 0.127 e. The molecule has 0 aliphatic carbocycles. The predicted octanol–water partition coefficient (Wildman–Crippen LogP) is 9.09. The molecule has 7 rings (SSSR count). The average Bonchev–Trinajstić information content (AvgIpc) is 3.21. The fraction of sp³-hybridized carbons (Fsp3) is 0.0667. The van der Waals surface area contributed by atoms with Crippen molar-refractivity contribution in [3.05, 3.63) is 200 Å². The lowest BCUT2D eigenvalue weighted by Crippen LogP contribution is -2.17. The van der Waals surface area contributed by atoms with Gasteiger partial charge in [-0.3, -0.25) is 0 Å². The van der Waals surface area contributed by atoms with E-state index in [9.17, 15) is 0 Å². The van der Waals surface area contributed by atoms with Gasteiger partial charge in [0.15, 0.2) is 0 Å². The van der Waals surface area contributed by atoms with E-state index in [0.29, 0.717) is 19.0 Å². The quantitative estimate of drug-likeness (QED) is 0.0990. The van der Waals surface area contributed by atoms with Crippen LogP contribution in [-0.4, -0.2) is 19.0 Å². The average molecular weight is 721 g/mol. The molecular weight excluding hydrogens is 681 g/mol. The molecule has 0 bridgehead atoms. The minimum absolute atomic E-state index is 0.535. The maximum atomic E-state index is 6.69. The Morgan fingerprint density at radius 2 is 0.431 bits per heavy atom. The molecule has 0 heterocycles. The van der Waals surface area contributed by atoms with Crippen molar-refractivity contribution in [3.63, 3.8) is 0 Å². The van der Waals surface area contributed by atoms with E-state index in [0.717, 1.165) is 17.2 Å². The molecule has 7 aromatic carbocycles. The fourth-order valence-electron chi connectivity index (χ4n) is 5.75. The Labute approximate surface area is 305 Å². The number of hydrogen-bond acceptors (Lipinski definition) is 3. The zero-order valence-corrected chi connectivity index (χ0v) is 30.9. The summed E-state index contributed by atoms with van der Waals surface area (Å²) in [4.78, 5) is 0. The molecule has 7 aromatic rings. The Morgan fingerprint density at radius 1 is 0.255 bits per heavy atom. The van der Waals surface area contributed by atoms with Crippen LogP contribution in [0.4, 0.5) is 0 Å². The molecule has 0 spiro atoms. The van der Waals surface area contributed by atoms with Crippen molar-refractivity contribution in [2.45, 2.75) is 0 Å². The Morgan fingerprint density at radius 3 is 0.608 bits per heavy atom. The van der Waals surface area contributed by atoms with E-state index in [2.05, 4.69) is 182 Å². The van der Waals surface area contributed by atoms with Crippen molar-refractivity contribution in [2.24, 2.45) is 0 Å². The van der Waals surface area contributed by atoms with Crippen LogP contribution in [0.25, 0.3) is 0 Å². The van der Waals surface area contributed by atoms with E-state index >= 15 is 0 Å². The third kappa shape index (κ3) is 9.52. The summed E-state index contributed by atoms with van der Waals surface area (Å²) in [5, 5.41) is 7.64. The molecule has 0 aliphatic rings. The molecule has 0 radical (unpaired) electrons. The first-order valence-electron chi connectivity index (χ1n) is 17.0. The normalized spacial score (nSPS) is 11.1. The molecule has 3 nitrogen and oxygen atoms in total. The summed E-state index contributed by atoms with van der Waals surface area (Å²) in [6.45, 7) is 0. The van der Waals surface area contributed by atoms with Crippen LogP contribution in [0.3, 0.4) is 0 Å². The SMILES string of the molecule is c1ccc(P(COc2cc(OCP(c3ccccc3)c3ccccc3)cc(OCP(c3ccccc3)c3ccccc3)c2)c2ccccc2)cc1. The van der Waals surface area contributed by atoms with Gasteiger partial charge in [0.05, 0.1) is 0 Å². The summed E-state index contributed by atoms with van der Waals surface area (Å²) in [5.74, 6) is 2.19. The van der Waals surface area contributed by atoms with E-state index < -0.39 is 23.8 Å². The first-order chi connectivity index (χ1) is 25.3. The van der Waals surface area contributed by atoms with Gasteiger partial charge in [-0.15, -0.1) is 0 Å². The number of ether oxygens (including phenoxy) is 3. The second-order valence-corrected chi connectivity index (χ2v) is 18.2. The Hall–Kier alpha value is -4.77. The van der Waals surface area contributed by atoms with Crippen LogP contribution in [0.5, 0.6) is 17.2 Å². The van der Waals surface area contributed by atoms with Gasteiger partial charge in [0, 0.05) is 18.2 Å². The molecule has 0 fully saturated rings. The van der Waals surface area contributed by atoms with E-state index in [1.165, 1.54) is 31.8 Å². The van der Waals surface area contributed by atoms with Gasteiger partial charge in [-0.25, -0.2) is 0 Å². The van der Waals surface area contributed by atoms with Crippen LogP contribution >= 0.6 is 23.8 Å². The molecule has 0 N–H and O–H groups in total. The first-order valence-corrected chi connectivity index (χ1v) is 21.5. The largest absolute Gasteiger partial charge is 0.488 e. The van der Waals surface area contributed by atoms with Crippen molar-refractivity contribution in [2.75, 3.05) is 19.0 Å². The van der Waals surface area contributed by atoms with Gasteiger partial charge in [-0.05, 0) is 55.6 Å². The lowest BCUT2D eigenvalue weighted by atomic mass is 10.3. The van der Waals surface area contributed by atoms with Crippen LogP contribution in [0, 0.1) is 0 Å². The minimum Gasteiger partial charge on any atom is -0.488 e. The van der Waals surface area contributed by atoms with Gasteiger partial charge in [0.1, 0.15) is 36.3 Å². The van der Waals surface area contributed by atoms with E-state index in [1.807, 2.05) is 18.2 Å². The van der Waals surface area contributed by atoms with Gasteiger partial charge >= 0.3 is 0 Å². The highest BCUT2D eigenvalue weighted by atomic mass is 31.1. The lowest BCUT2D eigenvalue weighted by molar-refractivity contribution is 0.352. The molecular formula is C45H39O3P3. The summed E-state index contributed by atoms with van der Waals surface area (Å²) < 4.78 is 20.1. The fourth-order valence-corrected chi connectivity index (χ4v) is 11.6. The molecule has 0 amide bonds. The maximum absolute atomic E-state index is 6.69. The van der Waals surface area contributed by atoms with Crippen LogP contribution in [0.2, 0.25) is 0 Å². The summed E-state index contributed by atoms with van der Waals surface area (Å²) in [6, 6.07) is 70.0. The third-order valence-corrected chi connectivity index (χ3v) is 15.0. The zero-order valence-electron chi connectivity index (χ0n) is 28.2. The highest BCUT2D eigenvalue weighted by molar-refractivity contribution is 7.73. The lowest BCUT2D eigenvalue weighted by Gasteiger charge is -2.22. The predicted molar refractivity (Wildman–Crippen MR) is 220 cm³/mol. The van der Waals surface area contributed by atoms with Gasteiger partial charge in [-0.1, -0.05) is 182 Å². The topological polar surface area (TPSA) is 27.7 Å². The van der Waals surface area contributed by atoms with Crippen molar-refractivity contribution in [1.29, 1.82) is 0 Å². The van der Waals surface area contributed by atoms with Crippen molar-refractivity contribution in [3.8, 4) is 17.2 Å². The van der Waals surface area contributed by atoms with Crippen LogP contribution in [0.1, 0.15) is 0 Å². The molecule has 51 heavy (non-hydrogen) atoms. The Balaban J connectivity index is 1.18. The molecule has 0 aromatic heterocycles. The summed E-state index contributed by atoms with van der Waals surface area (Å²) in [5.41, 5.74) is 0. The molecule has 0 unspecified atom stereocenters. The molecule has 0 aliphatic heterocycles. The smallest absolute Gasteiger partial charge is 0.127 e. The van der Waals surface area contributed by atoms with Crippen molar-refractivity contribution < 1.29 is 14.2 Å². The molecule has 252 valence electrons. The highest BCUT2D eigenvalue weighted by Crippen LogP contribution is 2.40. The standard InChI is InChI=1S/C45H39O3P3/c1-7-19-40(20-8-1)49(41-21-9-2-10-22-41)34-46-37-31-38(47-35-50(42-23-11-3-12-24-42)43-25-13-4-14-26-43)33-39(32-37)48-36-51(44-27-15-5-16-28-44)45-29-17-6-18-30-45/h1-33H,34-36H2. The highest BCUT2D eigenvalue weighted by Gasteiger charge is 2.19. The molecule has 0 saturated carbocycles. The molecule has 0 atom stereocenters. The summed E-state index contributed by atoms with van der Waals surface area (Å²) in [7, 11) is -2.25. The number of benzene rings is 7. The minimum atomic E-state index is -0.749. The number of hydrogen-bond donors (Lipinski definition) is 0. The van der Waals surface area contributed by atoms with Crippen molar-refractivity contribution in [1.82, 2.24) is 0 Å². The Bertz CT molecular complexity index is 1680. The summed E-state index contributed by atoms with van der Waals surface area (Å²) in [6.07, 6.45) is 1.61.